The Morgan fingerprint density at radius 1 is 1.27 bits per heavy atom. The first kappa shape index (κ1) is 10.4. The highest BCUT2D eigenvalue weighted by molar-refractivity contribution is 7.22. The average Bonchev–Trinajstić information content (AvgIpc) is 2.45. The molecule has 1 nitrogen and oxygen atoms in total. The topological polar surface area (TPSA) is 26.0 Å². The predicted molar refractivity (Wildman–Crippen MR) is 64.9 cm³/mol. The molecule has 0 saturated carbocycles. The Kier molecular flexibility index (Phi) is 2.23. The fourth-order valence-electron chi connectivity index (χ4n) is 1.76. The summed E-state index contributed by atoms with van der Waals surface area (Å²) in [6.07, 6.45) is 0. The predicted octanol–water partition coefficient (Wildman–Crippen LogP) is 3.92. The van der Waals surface area contributed by atoms with Gasteiger partial charge in [-0.25, -0.2) is 4.39 Å². The lowest BCUT2D eigenvalue weighted by molar-refractivity contribution is 0.592. The molecule has 0 aliphatic heterocycles. The van der Waals surface area contributed by atoms with Crippen LogP contribution < -0.4 is 5.73 Å². The zero-order chi connectivity index (χ0) is 11.2. The molecular formula is C12H14FNS. The fraction of sp³-hybridized carbons (Fsp3) is 0.333. The van der Waals surface area contributed by atoms with Gasteiger partial charge in [0, 0.05) is 5.39 Å². The highest BCUT2D eigenvalue weighted by Crippen LogP contribution is 2.37. The van der Waals surface area contributed by atoms with E-state index in [1.165, 1.54) is 17.4 Å². The van der Waals surface area contributed by atoms with Gasteiger partial charge in [0.05, 0.1) is 9.70 Å². The average molecular weight is 223 g/mol. The Balaban J connectivity index is 2.83. The molecule has 0 spiro atoms. The minimum absolute atomic E-state index is 0.0134. The van der Waals surface area contributed by atoms with Crippen LogP contribution in [0, 0.1) is 5.82 Å². The Labute approximate surface area is 92.7 Å². The van der Waals surface area contributed by atoms with E-state index in [-0.39, 0.29) is 11.2 Å². The second-order valence-corrected chi connectivity index (χ2v) is 5.82. The van der Waals surface area contributed by atoms with Crippen molar-refractivity contribution in [3.05, 3.63) is 29.6 Å². The maximum Gasteiger partial charge on any atom is 0.141 e. The quantitative estimate of drug-likeness (QED) is 0.719. The third-order valence-corrected chi connectivity index (χ3v) is 3.44. The van der Waals surface area contributed by atoms with E-state index in [0.717, 1.165) is 10.9 Å². The summed E-state index contributed by atoms with van der Waals surface area (Å²) in [5.74, 6) is -0.181. The summed E-state index contributed by atoms with van der Waals surface area (Å²) in [5, 5.41) is 1.62. The first-order valence-electron chi connectivity index (χ1n) is 4.87. The zero-order valence-electron chi connectivity index (χ0n) is 9.10. The maximum absolute atomic E-state index is 13.5. The van der Waals surface area contributed by atoms with Crippen molar-refractivity contribution in [3.8, 4) is 0 Å². The number of rotatable bonds is 0. The van der Waals surface area contributed by atoms with E-state index in [0.29, 0.717) is 9.70 Å². The summed E-state index contributed by atoms with van der Waals surface area (Å²) in [7, 11) is 0. The van der Waals surface area contributed by atoms with Crippen molar-refractivity contribution in [2.24, 2.45) is 0 Å². The highest BCUT2D eigenvalue weighted by Gasteiger charge is 2.19. The Morgan fingerprint density at radius 3 is 2.53 bits per heavy atom. The van der Waals surface area contributed by atoms with Gasteiger partial charge in [0.2, 0.25) is 0 Å². The molecule has 3 heteroatoms. The van der Waals surface area contributed by atoms with Crippen molar-refractivity contribution in [3.63, 3.8) is 0 Å². The van der Waals surface area contributed by atoms with Gasteiger partial charge >= 0.3 is 0 Å². The molecule has 0 unspecified atom stereocenters. The van der Waals surface area contributed by atoms with E-state index < -0.39 is 0 Å². The number of nitrogen functional groups attached to an aromatic ring is 1. The second kappa shape index (κ2) is 3.20. The number of halogens is 1. The molecule has 0 saturated heterocycles. The van der Waals surface area contributed by atoms with Crippen molar-refractivity contribution < 1.29 is 4.39 Å². The molecular weight excluding hydrogens is 209 g/mol. The van der Waals surface area contributed by atoms with Crippen LogP contribution in [0.2, 0.25) is 0 Å². The van der Waals surface area contributed by atoms with Gasteiger partial charge in [0.1, 0.15) is 5.82 Å². The van der Waals surface area contributed by atoms with Crippen molar-refractivity contribution in [2.45, 2.75) is 26.2 Å². The normalized spacial score (nSPS) is 12.3. The van der Waals surface area contributed by atoms with Crippen molar-refractivity contribution >= 4 is 26.4 Å². The third kappa shape index (κ3) is 1.72. The molecule has 0 amide bonds. The smallest absolute Gasteiger partial charge is 0.141 e. The summed E-state index contributed by atoms with van der Waals surface area (Å²) >= 11 is 1.31. The molecule has 0 atom stereocenters. The molecule has 0 aliphatic carbocycles. The number of thiophene rings is 1. The molecule has 2 N–H and O–H groups in total. The molecule has 2 aromatic rings. The van der Waals surface area contributed by atoms with Crippen molar-refractivity contribution in [1.82, 2.24) is 0 Å². The maximum atomic E-state index is 13.5. The molecule has 1 aromatic carbocycles. The van der Waals surface area contributed by atoms with Gasteiger partial charge in [-0.05, 0) is 23.1 Å². The molecule has 2 rings (SSSR count). The minimum atomic E-state index is -0.181. The van der Waals surface area contributed by atoms with E-state index in [9.17, 15) is 4.39 Å². The van der Waals surface area contributed by atoms with E-state index in [1.807, 2.05) is 12.1 Å². The molecule has 15 heavy (non-hydrogen) atoms. The number of fused-ring (bicyclic) bond motifs is 1. The standard InChI is InChI=1S/C12H14FNS/c1-12(2,3)8-4-5-9(13)11-7(8)6-10(14)15-11/h4-6H,14H2,1-3H3. The van der Waals surface area contributed by atoms with Crippen LogP contribution in [0.15, 0.2) is 18.2 Å². The highest BCUT2D eigenvalue weighted by atomic mass is 32.1. The van der Waals surface area contributed by atoms with Gasteiger partial charge < -0.3 is 5.73 Å². The largest absolute Gasteiger partial charge is 0.391 e. The van der Waals surface area contributed by atoms with Crippen molar-refractivity contribution in [2.75, 3.05) is 5.73 Å². The van der Waals surface area contributed by atoms with Crippen LogP contribution in [0.25, 0.3) is 10.1 Å². The van der Waals surface area contributed by atoms with E-state index in [1.54, 1.807) is 0 Å². The van der Waals surface area contributed by atoms with Gasteiger partial charge in [-0.1, -0.05) is 26.8 Å². The third-order valence-electron chi connectivity index (χ3n) is 2.46. The summed E-state index contributed by atoms with van der Waals surface area (Å²) < 4.78 is 14.2. The molecule has 0 aliphatic rings. The van der Waals surface area contributed by atoms with Gasteiger partial charge in [0.25, 0.3) is 0 Å². The SMILES string of the molecule is CC(C)(C)c1ccc(F)c2sc(N)cc12. The van der Waals surface area contributed by atoms with E-state index in [4.69, 9.17) is 5.73 Å². The van der Waals surface area contributed by atoms with Crippen LogP contribution in [-0.4, -0.2) is 0 Å². The van der Waals surface area contributed by atoms with E-state index >= 15 is 0 Å². The van der Waals surface area contributed by atoms with Gasteiger partial charge in [-0.3, -0.25) is 0 Å². The molecule has 80 valence electrons. The Morgan fingerprint density at radius 2 is 1.93 bits per heavy atom. The Bertz CT molecular complexity index is 508. The summed E-state index contributed by atoms with van der Waals surface area (Å²) in [4.78, 5) is 0. The summed E-state index contributed by atoms with van der Waals surface area (Å²) in [6.45, 7) is 6.36. The van der Waals surface area contributed by atoms with Crippen LogP contribution in [0.4, 0.5) is 9.39 Å². The van der Waals surface area contributed by atoms with Crippen molar-refractivity contribution in [1.29, 1.82) is 0 Å². The monoisotopic (exact) mass is 223 g/mol. The number of hydrogen-bond acceptors (Lipinski definition) is 2. The molecule has 1 aromatic heterocycles. The van der Waals surface area contributed by atoms with Gasteiger partial charge in [-0.15, -0.1) is 11.3 Å². The molecule has 0 fully saturated rings. The summed E-state index contributed by atoms with van der Waals surface area (Å²) in [5.41, 5.74) is 6.88. The zero-order valence-corrected chi connectivity index (χ0v) is 9.91. The van der Waals surface area contributed by atoms with Gasteiger partial charge in [-0.2, -0.15) is 0 Å². The fourth-order valence-corrected chi connectivity index (χ4v) is 2.62. The van der Waals surface area contributed by atoms with Crippen LogP contribution >= 0.6 is 11.3 Å². The number of nitrogens with two attached hydrogens (primary N) is 1. The van der Waals surface area contributed by atoms with E-state index in [2.05, 4.69) is 20.8 Å². The van der Waals surface area contributed by atoms with Gasteiger partial charge in [0.15, 0.2) is 0 Å². The molecule has 0 radical (unpaired) electrons. The van der Waals surface area contributed by atoms with Crippen LogP contribution in [-0.2, 0) is 5.41 Å². The lowest BCUT2D eigenvalue weighted by Crippen LogP contribution is -2.11. The number of benzene rings is 1. The minimum Gasteiger partial charge on any atom is -0.391 e. The molecule has 1 heterocycles. The lowest BCUT2D eigenvalue weighted by atomic mass is 9.85. The number of hydrogen-bond donors (Lipinski definition) is 1. The first-order valence-corrected chi connectivity index (χ1v) is 5.69. The molecule has 0 bridgehead atoms. The van der Waals surface area contributed by atoms with Crippen LogP contribution in [0.5, 0.6) is 0 Å². The number of anilines is 1. The van der Waals surface area contributed by atoms with Crippen LogP contribution in [0.1, 0.15) is 26.3 Å². The van der Waals surface area contributed by atoms with Crippen LogP contribution in [0.3, 0.4) is 0 Å². The second-order valence-electron chi connectivity index (χ2n) is 4.74. The summed E-state index contributed by atoms with van der Waals surface area (Å²) in [6, 6.07) is 5.24. The lowest BCUT2D eigenvalue weighted by Gasteiger charge is -2.20. The Hall–Kier alpha value is -1.09. The first-order chi connectivity index (χ1) is 6.89.